The van der Waals surface area contributed by atoms with Crippen molar-refractivity contribution in [1.82, 2.24) is 20.1 Å². The molecule has 1 unspecified atom stereocenters. The summed E-state index contributed by atoms with van der Waals surface area (Å²) in [6.45, 7) is -1.84. The first-order valence-corrected chi connectivity index (χ1v) is 9.58. The highest BCUT2D eigenvalue weighted by Gasteiger charge is 2.21. The van der Waals surface area contributed by atoms with Gasteiger partial charge in [-0.25, -0.2) is 9.37 Å². The molecule has 1 aliphatic heterocycles. The van der Waals surface area contributed by atoms with E-state index in [4.69, 9.17) is 44.6 Å². The Labute approximate surface area is 195 Å². The van der Waals surface area contributed by atoms with Gasteiger partial charge in [-0.15, -0.1) is 0 Å². The fourth-order valence-corrected chi connectivity index (χ4v) is 3.54. The highest BCUT2D eigenvalue weighted by atomic mass is 35.5. The number of halogens is 3. The molecule has 0 bridgehead atoms. The topological polar surface area (TPSA) is 78.0 Å². The largest absolute Gasteiger partial charge is 0.482 e. The molecule has 1 aliphatic rings. The maximum absolute atomic E-state index is 14.0. The van der Waals surface area contributed by atoms with Crippen molar-refractivity contribution in [3.05, 3.63) is 58.2 Å². The molecule has 3 aromatic rings. The summed E-state index contributed by atoms with van der Waals surface area (Å²) >= 11 is 12.3. The second kappa shape index (κ2) is 8.79. The number of rotatable bonds is 5. The van der Waals surface area contributed by atoms with E-state index in [1.54, 1.807) is 6.92 Å². The lowest BCUT2D eigenvalue weighted by Crippen LogP contribution is -2.29. The molecule has 0 amide bonds. The fourth-order valence-electron chi connectivity index (χ4n) is 2.86. The van der Waals surface area contributed by atoms with Crippen molar-refractivity contribution >= 4 is 29.0 Å². The first kappa shape index (κ1) is 13.1. The molecule has 1 fully saturated rings. The summed E-state index contributed by atoms with van der Waals surface area (Å²) < 4.78 is 86.8. The molecular weight excluding hydrogens is 428 g/mol. The average molecular weight is 458 g/mol. The summed E-state index contributed by atoms with van der Waals surface area (Å²) in [5.41, 5.74) is 6.34. The van der Waals surface area contributed by atoms with E-state index in [0.29, 0.717) is 4.68 Å². The molecule has 2 atom stereocenters. The summed E-state index contributed by atoms with van der Waals surface area (Å²) in [5.74, 6) is -0.886. The Morgan fingerprint density at radius 3 is 3.10 bits per heavy atom. The van der Waals surface area contributed by atoms with Gasteiger partial charge in [0.05, 0.1) is 20.0 Å². The van der Waals surface area contributed by atoms with Crippen LogP contribution < -0.4 is 15.8 Å². The Balaban J connectivity index is 1.75. The molecule has 0 saturated carbocycles. The normalized spacial score (nSPS) is 29.1. The van der Waals surface area contributed by atoms with Gasteiger partial charge in [-0.1, -0.05) is 23.2 Å². The number of hydrogen-bond donors (Lipinski definition) is 2. The number of hydrogen-bond acceptors (Lipinski definition) is 5. The van der Waals surface area contributed by atoms with Crippen LogP contribution in [0.2, 0.25) is 10.0 Å². The van der Waals surface area contributed by atoms with Crippen molar-refractivity contribution in [2.24, 2.45) is 0 Å². The number of pyridine rings is 1. The van der Waals surface area contributed by atoms with E-state index in [9.17, 15) is 4.39 Å². The lowest BCUT2D eigenvalue weighted by molar-refractivity contribution is 0.227. The van der Waals surface area contributed by atoms with E-state index < -0.39 is 43.7 Å². The zero-order valence-corrected chi connectivity index (χ0v) is 17.1. The van der Waals surface area contributed by atoms with Crippen molar-refractivity contribution in [3.8, 4) is 16.9 Å². The molecule has 0 aliphatic carbocycles. The number of piperidine rings is 1. The third-order valence-corrected chi connectivity index (χ3v) is 5.06. The molecule has 3 heterocycles. The summed E-state index contributed by atoms with van der Waals surface area (Å²) in [7, 11) is 0. The summed E-state index contributed by atoms with van der Waals surface area (Å²) in [6.07, 6.45) is -4.57. The number of aromatic nitrogens is 3. The Morgan fingerprint density at radius 1 is 1.43 bits per heavy atom. The van der Waals surface area contributed by atoms with E-state index in [-0.39, 0.29) is 44.5 Å². The SMILES string of the molecule is [2H]c1nc(N)c(O[C@H](C)c2c(Cl)ccc(F)c2Cl)cc1-c1cnn(C2([2H])C([2H])([2H])CNC([2H])([2H])C2([2H])[2H])c1. The van der Waals surface area contributed by atoms with E-state index in [1.165, 1.54) is 18.3 Å². The number of ether oxygens (including phenoxy) is 1. The van der Waals surface area contributed by atoms with Crippen LogP contribution in [0.15, 0.2) is 36.8 Å². The van der Waals surface area contributed by atoms with Crippen LogP contribution in [0.4, 0.5) is 10.2 Å². The van der Waals surface area contributed by atoms with E-state index in [0.717, 1.165) is 12.3 Å². The van der Waals surface area contributed by atoms with Crippen LogP contribution in [0.25, 0.3) is 11.1 Å². The van der Waals surface area contributed by atoms with Gasteiger partial charge in [-0.3, -0.25) is 4.68 Å². The highest BCUT2D eigenvalue weighted by Crippen LogP contribution is 2.37. The summed E-state index contributed by atoms with van der Waals surface area (Å²) in [6, 6.07) is 0.947. The minimum Gasteiger partial charge on any atom is -0.482 e. The molecule has 2 aromatic heterocycles. The van der Waals surface area contributed by atoms with Crippen LogP contribution >= 0.6 is 23.2 Å². The molecule has 9 heteroatoms. The number of nitrogens with zero attached hydrogens (tertiary/aromatic N) is 3. The van der Waals surface area contributed by atoms with Crippen LogP contribution in [0.5, 0.6) is 5.75 Å². The highest BCUT2D eigenvalue weighted by molar-refractivity contribution is 6.36. The molecular formula is C21H22Cl2FN5O. The standard InChI is InChI=1S/C21H22Cl2FN5O/c1-12(19-16(22)2-3-17(24)20(19)23)30-18-8-13(9-27-21(18)25)14-10-28-29(11-14)15-4-6-26-7-5-15/h2-3,8-12,15,26H,4-7H2,1H3,(H2,25,27)/t12-/m1/s1/i4D2,5D2,6D2,9D,15D/t12-,15?. The minimum atomic E-state index is -3.07. The van der Waals surface area contributed by atoms with Crippen LogP contribution in [-0.2, 0) is 0 Å². The second-order valence-corrected chi connectivity index (χ2v) is 7.14. The van der Waals surface area contributed by atoms with Gasteiger partial charge in [0, 0.05) is 42.3 Å². The summed E-state index contributed by atoms with van der Waals surface area (Å²) in [4.78, 5) is 3.96. The lowest BCUT2D eigenvalue weighted by atomic mass is 10.1. The summed E-state index contributed by atoms with van der Waals surface area (Å²) in [5, 5.41) is 6.07. The van der Waals surface area contributed by atoms with Gasteiger partial charge in [-0.05, 0) is 50.9 Å². The van der Waals surface area contributed by atoms with Gasteiger partial charge in [-0.2, -0.15) is 5.10 Å². The smallest absolute Gasteiger partial charge is 0.166 e. The van der Waals surface area contributed by atoms with Crippen molar-refractivity contribution in [2.75, 3.05) is 18.8 Å². The first-order valence-electron chi connectivity index (χ1n) is 12.8. The number of anilines is 1. The maximum atomic E-state index is 14.0. The Hall–Kier alpha value is -2.35. The molecule has 0 radical (unpaired) electrons. The average Bonchev–Trinajstić information content (AvgIpc) is 3.31. The van der Waals surface area contributed by atoms with Gasteiger partial charge in [0.25, 0.3) is 0 Å². The second-order valence-electron chi connectivity index (χ2n) is 6.35. The van der Waals surface area contributed by atoms with Crippen LogP contribution in [0.3, 0.4) is 0 Å². The third kappa shape index (κ3) is 4.24. The molecule has 4 rings (SSSR count). The van der Waals surface area contributed by atoms with Crippen molar-refractivity contribution in [2.45, 2.75) is 31.8 Å². The molecule has 6 nitrogen and oxygen atoms in total. The number of nitrogens with two attached hydrogens (primary N) is 1. The van der Waals surface area contributed by atoms with Crippen molar-refractivity contribution < 1.29 is 20.1 Å². The predicted octanol–water partition coefficient (Wildman–Crippen LogP) is 5.04. The maximum Gasteiger partial charge on any atom is 0.166 e. The Bertz CT molecular complexity index is 1410. The van der Waals surface area contributed by atoms with Crippen molar-refractivity contribution in [3.63, 3.8) is 0 Å². The van der Waals surface area contributed by atoms with Gasteiger partial charge >= 0.3 is 0 Å². The van der Waals surface area contributed by atoms with Gasteiger partial charge in [0.15, 0.2) is 11.6 Å². The van der Waals surface area contributed by atoms with Gasteiger partial charge < -0.3 is 15.8 Å². The van der Waals surface area contributed by atoms with Gasteiger partial charge in [0.2, 0.25) is 0 Å². The van der Waals surface area contributed by atoms with Gasteiger partial charge in [0.1, 0.15) is 11.9 Å². The zero-order chi connectivity index (χ0) is 28.4. The fraction of sp³-hybridized carbons (Fsp3) is 0.333. The molecule has 3 N–H and O–H groups in total. The van der Waals surface area contributed by atoms with Crippen LogP contribution in [0.1, 0.15) is 48.3 Å². The van der Waals surface area contributed by atoms with Crippen LogP contribution in [0, 0.1) is 5.82 Å². The van der Waals surface area contributed by atoms with Crippen molar-refractivity contribution in [1.29, 1.82) is 0 Å². The molecule has 30 heavy (non-hydrogen) atoms. The Kier molecular flexibility index (Phi) is 3.85. The number of benzene rings is 1. The number of nitrogens with one attached hydrogen (secondary N) is 1. The molecule has 158 valence electrons. The Morgan fingerprint density at radius 2 is 2.27 bits per heavy atom. The number of nitrogen functional groups attached to an aromatic ring is 1. The molecule has 1 aromatic carbocycles. The monoisotopic (exact) mass is 457 g/mol. The van der Waals surface area contributed by atoms with Crippen LogP contribution in [-0.4, -0.2) is 27.8 Å². The minimum absolute atomic E-state index is 0.0166. The predicted molar refractivity (Wildman–Crippen MR) is 116 cm³/mol. The molecule has 1 saturated heterocycles. The molecule has 0 spiro atoms. The third-order valence-electron chi connectivity index (χ3n) is 4.35. The quantitative estimate of drug-likeness (QED) is 0.524. The first-order chi connectivity index (χ1) is 17.4. The lowest BCUT2D eigenvalue weighted by Gasteiger charge is -2.22. The van der Waals surface area contributed by atoms with E-state index in [2.05, 4.69) is 15.4 Å². The van der Waals surface area contributed by atoms with E-state index >= 15 is 0 Å². The van der Waals surface area contributed by atoms with E-state index in [1.807, 2.05) is 0 Å². The zero-order valence-electron chi connectivity index (χ0n) is 23.6.